The molecule has 2 nitrogen and oxygen atoms in total. The van der Waals surface area contributed by atoms with E-state index in [2.05, 4.69) is 0 Å². The lowest BCUT2D eigenvalue weighted by molar-refractivity contribution is -0.104. The van der Waals surface area contributed by atoms with Crippen LogP contribution in [0.4, 0.5) is 0 Å². The van der Waals surface area contributed by atoms with Gasteiger partial charge in [0.05, 0.1) is 6.10 Å². The van der Waals surface area contributed by atoms with Gasteiger partial charge in [-0.25, -0.2) is 0 Å². The summed E-state index contributed by atoms with van der Waals surface area (Å²) >= 11 is 0. The molecule has 0 spiro atoms. The number of unbranched alkanes of at least 4 members (excludes halogenated alkanes) is 1. The Kier molecular flexibility index (Phi) is 4.04. The molecule has 0 aromatic rings. The Morgan fingerprint density at radius 3 is 3.09 bits per heavy atom. The van der Waals surface area contributed by atoms with Crippen molar-refractivity contribution < 1.29 is 14.0 Å². The van der Waals surface area contributed by atoms with Crippen molar-refractivity contribution in [3.63, 3.8) is 0 Å². The highest BCUT2D eigenvalue weighted by atomic mass is 16.3. The topological polar surface area (TPSA) is 37.3 Å². The van der Waals surface area contributed by atoms with Crippen LogP contribution in [0.1, 0.15) is 36.6 Å². The summed E-state index contributed by atoms with van der Waals surface area (Å²) in [5, 5.41) is 9.22. The molecule has 0 aromatic heterocycles. The predicted molar refractivity (Wildman–Crippen MR) is 45.4 cm³/mol. The van der Waals surface area contributed by atoms with E-state index >= 15 is 0 Å². The third kappa shape index (κ3) is 7.26. The Hall–Kier alpha value is -0.630. The monoisotopic (exact) mass is 159 g/mol. The van der Waals surface area contributed by atoms with Crippen LogP contribution in [-0.4, -0.2) is 17.5 Å². The Bertz CT molecular complexity index is 187. The van der Waals surface area contributed by atoms with E-state index < -0.39 is 13.0 Å². The molecule has 11 heavy (non-hydrogen) atoms. The first-order valence-corrected chi connectivity index (χ1v) is 3.76. The third-order valence-corrected chi connectivity index (χ3v) is 1.34. The number of aliphatic hydroxyl groups is 1. The highest BCUT2D eigenvalue weighted by Gasteiger charge is 1.96. The van der Waals surface area contributed by atoms with Crippen molar-refractivity contribution in [2.45, 2.75) is 38.6 Å². The summed E-state index contributed by atoms with van der Waals surface area (Å²) in [6.45, 7) is -1.87. The van der Waals surface area contributed by atoms with E-state index in [1.165, 1.54) is 12.2 Å². The van der Waals surface area contributed by atoms with Gasteiger partial charge < -0.3 is 5.11 Å². The average molecular weight is 159 g/mol. The highest BCUT2D eigenvalue weighted by molar-refractivity contribution is 5.64. The lowest BCUT2D eigenvalue weighted by Crippen LogP contribution is -2.01. The molecule has 0 aliphatic carbocycles. The van der Waals surface area contributed by atoms with E-state index in [0.29, 0.717) is 25.5 Å². The van der Waals surface area contributed by atoms with Crippen LogP contribution in [-0.2, 0) is 4.79 Å². The number of allylic oxidation sites excluding steroid dienone is 1. The smallest absolute Gasteiger partial charge is 0.142 e. The number of aliphatic hydroxyl groups excluding tert-OH is 1. The van der Waals surface area contributed by atoms with Crippen LogP contribution in [0.3, 0.4) is 0 Å². The second kappa shape index (κ2) is 7.48. The Balaban J connectivity index is 3.45. The zero-order valence-electron chi connectivity index (χ0n) is 9.49. The SMILES string of the molecule is [2H]C([2H])([2H])CCCCC(O)/C=C/C=O. The quantitative estimate of drug-likeness (QED) is 0.364. The van der Waals surface area contributed by atoms with Gasteiger partial charge in [-0.1, -0.05) is 32.2 Å². The summed E-state index contributed by atoms with van der Waals surface area (Å²) in [7, 11) is 0. The van der Waals surface area contributed by atoms with Gasteiger partial charge >= 0.3 is 0 Å². The van der Waals surface area contributed by atoms with Crippen LogP contribution in [0.25, 0.3) is 0 Å². The van der Waals surface area contributed by atoms with Crippen LogP contribution >= 0.6 is 0 Å². The van der Waals surface area contributed by atoms with Crippen molar-refractivity contribution in [1.29, 1.82) is 0 Å². The molecule has 1 atom stereocenters. The second-order valence-electron chi connectivity index (χ2n) is 2.33. The normalized spacial score (nSPS) is 18.8. The molecule has 0 aliphatic heterocycles. The first-order chi connectivity index (χ1) is 6.45. The maximum atomic E-state index is 9.90. The Labute approximate surface area is 72.1 Å². The zero-order valence-corrected chi connectivity index (χ0v) is 6.49. The lowest BCUT2D eigenvalue weighted by Gasteiger charge is -2.02. The van der Waals surface area contributed by atoms with Gasteiger partial charge in [-0.15, -0.1) is 0 Å². The van der Waals surface area contributed by atoms with Gasteiger partial charge in [0.25, 0.3) is 0 Å². The van der Waals surface area contributed by atoms with Gasteiger partial charge in [0, 0.05) is 4.11 Å². The summed E-state index contributed by atoms with van der Waals surface area (Å²) < 4.78 is 20.8. The largest absolute Gasteiger partial charge is 0.389 e. The fourth-order valence-corrected chi connectivity index (χ4v) is 0.748. The molecule has 2 heteroatoms. The minimum absolute atomic E-state index is 0.178. The van der Waals surface area contributed by atoms with E-state index in [-0.39, 0.29) is 6.42 Å². The molecular weight excluding hydrogens is 140 g/mol. The van der Waals surface area contributed by atoms with E-state index in [9.17, 15) is 9.90 Å². The van der Waals surface area contributed by atoms with Gasteiger partial charge in [0.1, 0.15) is 6.29 Å². The minimum Gasteiger partial charge on any atom is -0.389 e. The molecule has 0 heterocycles. The van der Waals surface area contributed by atoms with Gasteiger partial charge in [-0.3, -0.25) is 4.79 Å². The molecule has 1 N–H and O–H groups in total. The van der Waals surface area contributed by atoms with Gasteiger partial charge in [-0.2, -0.15) is 0 Å². The predicted octanol–water partition coefficient (Wildman–Crippen LogP) is 1.68. The molecule has 0 bridgehead atoms. The fourth-order valence-electron chi connectivity index (χ4n) is 0.748. The highest BCUT2D eigenvalue weighted by Crippen LogP contribution is 2.03. The molecule has 0 aliphatic rings. The van der Waals surface area contributed by atoms with Gasteiger partial charge in [0.15, 0.2) is 0 Å². The van der Waals surface area contributed by atoms with Crippen LogP contribution in [0, 0.1) is 0 Å². The number of aldehydes is 1. The first-order valence-electron chi connectivity index (χ1n) is 5.26. The summed E-state index contributed by atoms with van der Waals surface area (Å²) in [6, 6.07) is 0. The second-order valence-corrected chi connectivity index (χ2v) is 2.33. The summed E-state index contributed by atoms with van der Waals surface area (Å²) in [5.41, 5.74) is 0. The standard InChI is InChI=1S/C9H16O2/c1-2-3-4-6-9(11)7-5-8-10/h5,7-9,11H,2-4,6H2,1H3/b7-5+/i1D3. The van der Waals surface area contributed by atoms with E-state index in [4.69, 9.17) is 4.11 Å². The molecule has 0 saturated carbocycles. The van der Waals surface area contributed by atoms with Crippen molar-refractivity contribution in [2.75, 3.05) is 0 Å². The van der Waals surface area contributed by atoms with Gasteiger partial charge in [0.2, 0.25) is 0 Å². The third-order valence-electron chi connectivity index (χ3n) is 1.34. The molecular formula is C9H16O2. The lowest BCUT2D eigenvalue weighted by atomic mass is 10.1. The molecule has 0 amide bonds. The fraction of sp³-hybridized carbons (Fsp3) is 0.667. The molecule has 0 radical (unpaired) electrons. The van der Waals surface area contributed by atoms with Crippen molar-refractivity contribution >= 4 is 6.29 Å². The minimum atomic E-state index is -1.87. The summed E-state index contributed by atoms with van der Waals surface area (Å²) in [5.74, 6) is 0. The number of hydrogen-bond donors (Lipinski definition) is 1. The Morgan fingerprint density at radius 1 is 1.64 bits per heavy atom. The molecule has 1 unspecified atom stereocenters. The molecule has 0 aromatic carbocycles. The summed E-state index contributed by atoms with van der Waals surface area (Å²) in [6.07, 6.45) is 4.52. The van der Waals surface area contributed by atoms with E-state index in [1.807, 2.05) is 0 Å². The zero-order chi connectivity index (χ0) is 11.0. The molecule has 64 valence electrons. The molecule has 0 saturated heterocycles. The maximum absolute atomic E-state index is 9.90. The van der Waals surface area contributed by atoms with Gasteiger partial charge in [-0.05, 0) is 12.5 Å². The van der Waals surface area contributed by atoms with Crippen LogP contribution in [0.2, 0.25) is 0 Å². The van der Waals surface area contributed by atoms with Crippen LogP contribution < -0.4 is 0 Å². The van der Waals surface area contributed by atoms with Crippen molar-refractivity contribution in [3.8, 4) is 0 Å². The maximum Gasteiger partial charge on any atom is 0.142 e. The molecule has 0 fully saturated rings. The number of hydrogen-bond acceptors (Lipinski definition) is 2. The van der Waals surface area contributed by atoms with E-state index in [0.717, 1.165) is 0 Å². The average Bonchev–Trinajstić information content (AvgIpc) is 2.07. The molecule has 0 rings (SSSR count). The number of rotatable bonds is 6. The van der Waals surface area contributed by atoms with Crippen LogP contribution in [0.15, 0.2) is 12.2 Å². The summed E-state index contributed by atoms with van der Waals surface area (Å²) in [4.78, 5) is 9.90. The Morgan fingerprint density at radius 2 is 2.45 bits per heavy atom. The van der Waals surface area contributed by atoms with E-state index in [1.54, 1.807) is 0 Å². The number of carbonyl (C=O) groups excluding carboxylic acids is 1. The number of carbonyl (C=O) groups is 1. The van der Waals surface area contributed by atoms with Crippen molar-refractivity contribution in [1.82, 2.24) is 0 Å². The van der Waals surface area contributed by atoms with Crippen molar-refractivity contribution in [2.24, 2.45) is 0 Å². The first kappa shape index (κ1) is 5.95. The van der Waals surface area contributed by atoms with Crippen molar-refractivity contribution in [3.05, 3.63) is 12.2 Å². The van der Waals surface area contributed by atoms with Crippen LogP contribution in [0.5, 0.6) is 0 Å².